The van der Waals surface area contributed by atoms with Crippen LogP contribution in [-0.4, -0.2) is 28.8 Å². The number of rotatable bonds is 9. The van der Waals surface area contributed by atoms with Crippen LogP contribution in [0.4, 0.5) is 0 Å². The lowest BCUT2D eigenvalue weighted by molar-refractivity contribution is -0.140. The Kier molecular flexibility index (Phi) is 9.47. The molecule has 0 fully saturated rings. The van der Waals surface area contributed by atoms with Gasteiger partial charge in [0.15, 0.2) is 0 Å². The lowest BCUT2D eigenvalue weighted by Gasteiger charge is -2.30. The van der Waals surface area contributed by atoms with Crippen LogP contribution < -0.4 is 5.32 Å². The van der Waals surface area contributed by atoms with E-state index in [9.17, 15) is 9.59 Å². The summed E-state index contributed by atoms with van der Waals surface area (Å²) in [5, 5.41) is 4.44. The van der Waals surface area contributed by atoms with Crippen LogP contribution in [0.3, 0.4) is 0 Å². The van der Waals surface area contributed by atoms with E-state index in [1.807, 2.05) is 38.1 Å². The molecule has 0 aliphatic carbocycles. The monoisotopic (exact) mass is 468 g/mol. The maximum absolute atomic E-state index is 13.1. The molecule has 0 bridgehead atoms. The fourth-order valence-corrected chi connectivity index (χ4v) is 3.52. The van der Waals surface area contributed by atoms with Crippen molar-refractivity contribution < 1.29 is 9.59 Å². The summed E-state index contributed by atoms with van der Waals surface area (Å²) in [7, 11) is 0. The maximum atomic E-state index is 13.1. The number of amides is 2. The van der Waals surface area contributed by atoms with E-state index >= 15 is 0 Å². The maximum Gasteiger partial charge on any atom is 0.242 e. The van der Waals surface area contributed by atoms with Crippen LogP contribution in [-0.2, 0) is 22.6 Å². The van der Waals surface area contributed by atoms with Crippen LogP contribution in [0.1, 0.15) is 44.7 Å². The van der Waals surface area contributed by atoms with Crippen molar-refractivity contribution >= 4 is 46.6 Å². The number of benzene rings is 2. The average Bonchev–Trinajstić information content (AvgIpc) is 2.73. The van der Waals surface area contributed by atoms with Crippen molar-refractivity contribution in [1.82, 2.24) is 10.2 Å². The Labute approximate surface area is 193 Å². The highest BCUT2D eigenvalue weighted by atomic mass is 35.5. The second kappa shape index (κ2) is 11.6. The predicted octanol–water partition coefficient (Wildman–Crippen LogP) is 5.91. The molecule has 2 aromatic rings. The van der Waals surface area contributed by atoms with Gasteiger partial charge in [-0.25, -0.2) is 0 Å². The molecule has 0 heterocycles. The second-order valence-electron chi connectivity index (χ2n) is 7.36. The van der Waals surface area contributed by atoms with Gasteiger partial charge in [0.2, 0.25) is 11.8 Å². The summed E-state index contributed by atoms with van der Waals surface area (Å²) in [5.41, 5.74) is 1.71. The fraction of sp³-hybridized carbons (Fsp3) is 0.391. The van der Waals surface area contributed by atoms with E-state index in [0.29, 0.717) is 21.5 Å². The van der Waals surface area contributed by atoms with E-state index in [0.717, 1.165) is 17.5 Å². The molecule has 0 aliphatic rings. The van der Waals surface area contributed by atoms with Crippen molar-refractivity contribution in [3.63, 3.8) is 0 Å². The zero-order valence-corrected chi connectivity index (χ0v) is 19.7. The quantitative estimate of drug-likeness (QED) is 0.496. The average molecular weight is 470 g/mol. The summed E-state index contributed by atoms with van der Waals surface area (Å²) >= 11 is 18.4. The van der Waals surface area contributed by atoms with Gasteiger partial charge in [0, 0.05) is 24.0 Å². The van der Waals surface area contributed by atoms with Crippen LogP contribution >= 0.6 is 34.8 Å². The first-order chi connectivity index (χ1) is 14.2. The molecular weight excluding hydrogens is 443 g/mol. The summed E-state index contributed by atoms with van der Waals surface area (Å²) in [4.78, 5) is 27.4. The third-order valence-corrected chi connectivity index (χ3v) is 6.18. The first-order valence-electron chi connectivity index (χ1n) is 10.00. The minimum absolute atomic E-state index is 0.0324. The van der Waals surface area contributed by atoms with Crippen molar-refractivity contribution in [3.8, 4) is 0 Å². The second-order valence-corrected chi connectivity index (χ2v) is 8.58. The van der Waals surface area contributed by atoms with Crippen molar-refractivity contribution in [1.29, 1.82) is 0 Å². The largest absolute Gasteiger partial charge is 0.352 e. The minimum atomic E-state index is -0.632. The van der Waals surface area contributed by atoms with Crippen molar-refractivity contribution in [3.05, 3.63) is 68.7 Å². The molecule has 2 atom stereocenters. The summed E-state index contributed by atoms with van der Waals surface area (Å²) in [5.74, 6) is -0.316. The van der Waals surface area contributed by atoms with E-state index in [1.54, 1.807) is 30.0 Å². The molecule has 0 aliphatic heterocycles. The van der Waals surface area contributed by atoms with E-state index < -0.39 is 6.04 Å². The van der Waals surface area contributed by atoms with Gasteiger partial charge in [0.25, 0.3) is 0 Å². The first kappa shape index (κ1) is 24.5. The van der Waals surface area contributed by atoms with Crippen LogP contribution in [0.25, 0.3) is 0 Å². The molecule has 7 heteroatoms. The van der Waals surface area contributed by atoms with Gasteiger partial charge in [-0.3, -0.25) is 9.59 Å². The Bertz CT molecular complexity index is 889. The van der Waals surface area contributed by atoms with Crippen molar-refractivity contribution in [2.45, 2.75) is 58.7 Å². The molecule has 2 amide bonds. The summed E-state index contributed by atoms with van der Waals surface area (Å²) in [6, 6.07) is 12.1. The van der Waals surface area contributed by atoms with E-state index in [4.69, 9.17) is 34.8 Å². The third-order valence-electron chi connectivity index (χ3n) is 5.07. The van der Waals surface area contributed by atoms with Gasteiger partial charge in [0.1, 0.15) is 6.04 Å². The first-order valence-corrected chi connectivity index (χ1v) is 11.1. The number of nitrogens with one attached hydrogen (secondary N) is 1. The topological polar surface area (TPSA) is 49.4 Å². The zero-order valence-electron chi connectivity index (χ0n) is 17.4. The Balaban J connectivity index is 2.20. The molecule has 0 radical (unpaired) electrons. The van der Waals surface area contributed by atoms with Crippen LogP contribution in [0.15, 0.2) is 42.5 Å². The van der Waals surface area contributed by atoms with Crippen LogP contribution in [0.2, 0.25) is 15.1 Å². The molecule has 1 N–H and O–H groups in total. The Morgan fingerprint density at radius 1 is 1.00 bits per heavy atom. The summed E-state index contributed by atoms with van der Waals surface area (Å²) in [6.07, 6.45) is 1.55. The molecule has 30 heavy (non-hydrogen) atoms. The Morgan fingerprint density at radius 2 is 1.70 bits per heavy atom. The number of hydrogen-bond donors (Lipinski definition) is 1. The molecule has 2 rings (SSSR count). The lowest BCUT2D eigenvalue weighted by Crippen LogP contribution is -2.49. The van der Waals surface area contributed by atoms with Crippen LogP contribution in [0.5, 0.6) is 0 Å². The molecule has 0 unspecified atom stereocenters. The SMILES string of the molecule is CC[C@H](C)NC(=O)[C@H](C)N(Cc1ccc(Cl)c(Cl)c1)C(=O)CCc1ccccc1Cl. The van der Waals surface area contributed by atoms with Crippen molar-refractivity contribution in [2.75, 3.05) is 0 Å². The number of hydrogen-bond acceptors (Lipinski definition) is 2. The molecule has 4 nitrogen and oxygen atoms in total. The molecule has 0 spiro atoms. The van der Waals surface area contributed by atoms with Gasteiger partial charge in [-0.05, 0) is 56.0 Å². The number of aryl methyl sites for hydroxylation is 1. The van der Waals surface area contributed by atoms with Gasteiger partial charge >= 0.3 is 0 Å². The fourth-order valence-electron chi connectivity index (χ4n) is 2.97. The summed E-state index contributed by atoms with van der Waals surface area (Å²) in [6.45, 7) is 5.93. The smallest absolute Gasteiger partial charge is 0.242 e. The number of carbonyl (C=O) groups is 2. The highest BCUT2D eigenvalue weighted by molar-refractivity contribution is 6.42. The molecule has 0 saturated heterocycles. The number of halogens is 3. The van der Waals surface area contributed by atoms with Gasteiger partial charge in [-0.1, -0.05) is 66.0 Å². The normalized spacial score (nSPS) is 12.9. The highest BCUT2D eigenvalue weighted by Crippen LogP contribution is 2.24. The molecule has 0 saturated carbocycles. The van der Waals surface area contributed by atoms with E-state index in [-0.39, 0.29) is 30.8 Å². The standard InChI is InChI=1S/C23H27Cl3N2O2/c1-4-15(2)27-23(30)16(3)28(14-17-9-11-20(25)21(26)13-17)22(29)12-10-18-7-5-6-8-19(18)24/h5-9,11,13,15-16H,4,10,12,14H2,1-3H3,(H,27,30)/t15-,16-/m0/s1. The Morgan fingerprint density at radius 3 is 2.33 bits per heavy atom. The summed E-state index contributed by atoms with van der Waals surface area (Å²) < 4.78 is 0. The third kappa shape index (κ3) is 6.90. The highest BCUT2D eigenvalue weighted by Gasteiger charge is 2.26. The van der Waals surface area contributed by atoms with Crippen molar-refractivity contribution in [2.24, 2.45) is 0 Å². The number of carbonyl (C=O) groups excluding carboxylic acids is 2. The van der Waals surface area contributed by atoms with E-state index in [2.05, 4.69) is 5.32 Å². The predicted molar refractivity (Wildman–Crippen MR) is 124 cm³/mol. The number of nitrogens with zero attached hydrogens (tertiary/aromatic N) is 1. The van der Waals surface area contributed by atoms with Gasteiger partial charge in [-0.15, -0.1) is 0 Å². The zero-order chi connectivity index (χ0) is 22.3. The molecule has 2 aromatic carbocycles. The van der Waals surface area contributed by atoms with Gasteiger partial charge in [-0.2, -0.15) is 0 Å². The van der Waals surface area contributed by atoms with Gasteiger partial charge in [0.05, 0.1) is 10.0 Å². The van der Waals surface area contributed by atoms with Gasteiger partial charge < -0.3 is 10.2 Å². The minimum Gasteiger partial charge on any atom is -0.352 e. The molecule has 0 aromatic heterocycles. The lowest BCUT2D eigenvalue weighted by atomic mass is 10.1. The van der Waals surface area contributed by atoms with Crippen LogP contribution in [0, 0.1) is 0 Å². The van der Waals surface area contributed by atoms with E-state index in [1.165, 1.54) is 0 Å². The molecule has 162 valence electrons. The molecular formula is C23H27Cl3N2O2. The Hall–Kier alpha value is -1.75.